The normalized spacial score (nSPS) is 15.0. The lowest BCUT2D eigenvalue weighted by Gasteiger charge is -2.30. The van der Waals surface area contributed by atoms with Crippen molar-refractivity contribution in [3.63, 3.8) is 0 Å². The maximum absolute atomic E-state index is 12.9. The molecule has 1 amide bonds. The Labute approximate surface area is 183 Å². The van der Waals surface area contributed by atoms with Gasteiger partial charge in [-0.2, -0.15) is 0 Å². The number of nitrogens with zero attached hydrogens (tertiary/aromatic N) is 1. The molecule has 1 heterocycles. The number of carbonyl (C=O) groups is 1. The summed E-state index contributed by atoms with van der Waals surface area (Å²) in [5.74, 6) is 1.33. The first kappa shape index (κ1) is 22.7. The van der Waals surface area contributed by atoms with E-state index in [4.69, 9.17) is 14.2 Å². The van der Waals surface area contributed by atoms with Gasteiger partial charge >= 0.3 is 0 Å². The zero-order valence-corrected chi connectivity index (χ0v) is 18.9. The molecule has 3 rings (SSSR count). The molecule has 1 aliphatic heterocycles. The van der Waals surface area contributed by atoms with Crippen molar-refractivity contribution in [2.24, 2.45) is 0 Å². The maximum Gasteiger partial charge on any atom is 0.244 e. The monoisotopic (exact) mass is 448 g/mol. The van der Waals surface area contributed by atoms with Crippen LogP contribution in [0.1, 0.15) is 32.4 Å². The van der Waals surface area contributed by atoms with E-state index in [1.54, 1.807) is 25.1 Å². The zero-order valence-electron chi connectivity index (χ0n) is 18.1. The third kappa shape index (κ3) is 5.41. The number of amides is 1. The smallest absolute Gasteiger partial charge is 0.244 e. The molecule has 0 saturated carbocycles. The lowest BCUT2D eigenvalue weighted by Crippen LogP contribution is -2.48. The SMILES string of the molecule is CCOc1ccc([C@@H](C)NC(=O)[C@H](C)N(c2ccc3c(c2)OCCO3)S(C)(=O)=O)cc1. The van der Waals surface area contributed by atoms with E-state index in [-0.39, 0.29) is 6.04 Å². The van der Waals surface area contributed by atoms with Gasteiger partial charge in [-0.3, -0.25) is 9.10 Å². The Morgan fingerprint density at radius 3 is 2.35 bits per heavy atom. The second-order valence-corrected chi connectivity index (χ2v) is 9.15. The van der Waals surface area contributed by atoms with Gasteiger partial charge in [-0.1, -0.05) is 12.1 Å². The third-order valence-electron chi connectivity index (χ3n) is 4.92. The quantitative estimate of drug-likeness (QED) is 0.667. The third-order valence-corrected chi connectivity index (χ3v) is 6.16. The van der Waals surface area contributed by atoms with E-state index in [1.165, 1.54) is 0 Å². The summed E-state index contributed by atoms with van der Waals surface area (Å²) in [6.45, 7) is 6.69. The van der Waals surface area contributed by atoms with Gasteiger partial charge in [0.1, 0.15) is 25.0 Å². The highest BCUT2D eigenvalue weighted by atomic mass is 32.2. The molecule has 0 saturated heterocycles. The van der Waals surface area contributed by atoms with Crippen LogP contribution in [0.3, 0.4) is 0 Å². The van der Waals surface area contributed by atoms with Gasteiger partial charge in [0, 0.05) is 6.07 Å². The summed E-state index contributed by atoms with van der Waals surface area (Å²) in [6, 6.07) is 11.0. The topological polar surface area (TPSA) is 94.2 Å². The molecule has 0 bridgehead atoms. The molecular formula is C22H28N2O6S. The van der Waals surface area contributed by atoms with Crippen LogP contribution in [0, 0.1) is 0 Å². The standard InChI is InChI=1S/C22H28N2O6S/c1-5-28-19-9-6-17(7-10-19)15(2)23-22(25)16(3)24(31(4,26)27)18-8-11-20-21(14-18)30-13-12-29-20/h6-11,14-16H,5,12-13H2,1-4H3,(H,23,25)/t15-,16+/m1/s1. The van der Waals surface area contributed by atoms with Gasteiger partial charge < -0.3 is 19.5 Å². The van der Waals surface area contributed by atoms with Crippen molar-refractivity contribution < 1.29 is 27.4 Å². The molecule has 2 atom stereocenters. The van der Waals surface area contributed by atoms with Crippen LogP contribution in [-0.4, -0.2) is 46.4 Å². The van der Waals surface area contributed by atoms with E-state index in [0.29, 0.717) is 37.0 Å². The Morgan fingerprint density at radius 1 is 1.10 bits per heavy atom. The van der Waals surface area contributed by atoms with Crippen molar-refractivity contribution in [2.45, 2.75) is 32.9 Å². The van der Waals surface area contributed by atoms with Gasteiger partial charge in [0.2, 0.25) is 15.9 Å². The highest BCUT2D eigenvalue weighted by molar-refractivity contribution is 7.92. The van der Waals surface area contributed by atoms with Crippen LogP contribution in [0.5, 0.6) is 17.2 Å². The first-order valence-electron chi connectivity index (χ1n) is 10.1. The molecule has 8 nitrogen and oxygen atoms in total. The minimum Gasteiger partial charge on any atom is -0.494 e. The van der Waals surface area contributed by atoms with E-state index in [0.717, 1.165) is 21.9 Å². The summed E-state index contributed by atoms with van der Waals surface area (Å²) in [5, 5.41) is 2.89. The molecule has 0 unspecified atom stereocenters. The maximum atomic E-state index is 12.9. The molecule has 2 aromatic rings. The number of nitrogens with one attached hydrogen (secondary N) is 1. The van der Waals surface area contributed by atoms with Crippen molar-refractivity contribution in [2.75, 3.05) is 30.4 Å². The largest absolute Gasteiger partial charge is 0.494 e. The molecule has 0 fully saturated rings. The Kier molecular flexibility index (Phi) is 6.94. The van der Waals surface area contributed by atoms with Crippen LogP contribution in [0.4, 0.5) is 5.69 Å². The summed E-state index contributed by atoms with van der Waals surface area (Å²) in [6.07, 6.45) is 1.07. The number of anilines is 1. The Hall–Kier alpha value is -2.94. The van der Waals surface area contributed by atoms with Crippen molar-refractivity contribution in [1.82, 2.24) is 5.32 Å². The molecule has 2 aromatic carbocycles. The number of hydrogen-bond donors (Lipinski definition) is 1. The number of fused-ring (bicyclic) bond motifs is 1. The highest BCUT2D eigenvalue weighted by Gasteiger charge is 2.31. The van der Waals surface area contributed by atoms with E-state index in [1.807, 2.05) is 38.1 Å². The number of sulfonamides is 1. The molecule has 0 spiro atoms. The van der Waals surface area contributed by atoms with E-state index in [9.17, 15) is 13.2 Å². The van der Waals surface area contributed by atoms with Crippen molar-refractivity contribution in [1.29, 1.82) is 0 Å². The summed E-state index contributed by atoms with van der Waals surface area (Å²) < 4.78 is 42.7. The zero-order chi connectivity index (χ0) is 22.6. The predicted octanol–water partition coefficient (Wildman–Crippen LogP) is 2.89. The van der Waals surface area contributed by atoms with Gasteiger partial charge in [-0.05, 0) is 50.6 Å². The number of benzene rings is 2. The molecule has 0 aromatic heterocycles. The summed E-state index contributed by atoms with van der Waals surface area (Å²) >= 11 is 0. The summed E-state index contributed by atoms with van der Waals surface area (Å²) in [4.78, 5) is 12.9. The molecule has 168 valence electrons. The number of hydrogen-bond acceptors (Lipinski definition) is 6. The first-order valence-corrected chi connectivity index (χ1v) is 12.0. The van der Waals surface area contributed by atoms with E-state index in [2.05, 4.69) is 5.32 Å². The first-order chi connectivity index (χ1) is 14.7. The molecule has 1 N–H and O–H groups in total. The van der Waals surface area contributed by atoms with Crippen LogP contribution >= 0.6 is 0 Å². The van der Waals surface area contributed by atoms with Crippen LogP contribution in [0.15, 0.2) is 42.5 Å². The Morgan fingerprint density at radius 2 is 1.74 bits per heavy atom. The van der Waals surface area contributed by atoms with Crippen molar-refractivity contribution >= 4 is 21.6 Å². The Bertz CT molecular complexity index is 1020. The molecular weight excluding hydrogens is 420 g/mol. The second kappa shape index (κ2) is 9.47. The lowest BCUT2D eigenvalue weighted by atomic mass is 10.1. The number of rotatable bonds is 8. The number of carbonyl (C=O) groups excluding carboxylic acids is 1. The van der Waals surface area contributed by atoms with Crippen LogP contribution < -0.4 is 23.8 Å². The lowest BCUT2D eigenvalue weighted by molar-refractivity contribution is -0.122. The minimum absolute atomic E-state index is 0.313. The second-order valence-electron chi connectivity index (χ2n) is 7.30. The van der Waals surface area contributed by atoms with Gasteiger partial charge in [0.25, 0.3) is 0 Å². The van der Waals surface area contributed by atoms with Crippen molar-refractivity contribution in [3.8, 4) is 17.2 Å². The summed E-state index contributed by atoms with van der Waals surface area (Å²) in [7, 11) is -3.74. The van der Waals surface area contributed by atoms with Gasteiger partial charge in [0.15, 0.2) is 11.5 Å². The molecule has 1 aliphatic rings. The fourth-order valence-electron chi connectivity index (χ4n) is 3.41. The van der Waals surface area contributed by atoms with Gasteiger partial charge in [-0.15, -0.1) is 0 Å². The van der Waals surface area contributed by atoms with Crippen molar-refractivity contribution in [3.05, 3.63) is 48.0 Å². The van der Waals surface area contributed by atoms with Gasteiger partial charge in [-0.25, -0.2) is 8.42 Å². The highest BCUT2D eigenvalue weighted by Crippen LogP contribution is 2.35. The minimum atomic E-state index is -3.74. The fraction of sp³-hybridized carbons (Fsp3) is 0.409. The van der Waals surface area contributed by atoms with E-state index >= 15 is 0 Å². The van der Waals surface area contributed by atoms with Crippen LogP contribution in [0.25, 0.3) is 0 Å². The average molecular weight is 449 g/mol. The predicted molar refractivity (Wildman–Crippen MR) is 118 cm³/mol. The molecule has 9 heteroatoms. The van der Waals surface area contributed by atoms with Crippen LogP contribution in [0.2, 0.25) is 0 Å². The van der Waals surface area contributed by atoms with Gasteiger partial charge in [0.05, 0.1) is 24.6 Å². The van der Waals surface area contributed by atoms with Crippen LogP contribution in [-0.2, 0) is 14.8 Å². The molecule has 0 aliphatic carbocycles. The Balaban J connectivity index is 1.78. The number of ether oxygens (including phenoxy) is 3. The van der Waals surface area contributed by atoms with E-state index < -0.39 is 22.0 Å². The molecule has 31 heavy (non-hydrogen) atoms. The average Bonchev–Trinajstić information content (AvgIpc) is 2.73. The fourth-order valence-corrected chi connectivity index (χ4v) is 4.58. The summed E-state index contributed by atoms with van der Waals surface area (Å²) in [5.41, 5.74) is 1.22. The molecule has 0 radical (unpaired) electrons.